The van der Waals surface area contributed by atoms with Crippen LogP contribution in [0, 0.1) is 0 Å². The molecule has 0 amide bonds. The Kier molecular flexibility index (Phi) is 6.41. The van der Waals surface area contributed by atoms with E-state index in [-0.39, 0.29) is 11.7 Å². The smallest absolute Gasteiger partial charge is 0.443 e. The standard InChI is InChI=1S/C25H26F3N5OS/c1-32-13-14-33(15-17(32)10-7-16-8-11-18(34-2)12-9-16)22-21-23(35-24(31-21)25(26,27)28)30-20-6-4-3-5-19(20)29-22/h3-6,8-9,11-12,17,30H,7,10,13-15H2,1-2H3. The fourth-order valence-corrected chi connectivity index (χ4v) is 5.28. The van der Waals surface area contributed by atoms with Crippen LogP contribution in [0.25, 0.3) is 0 Å². The molecular weight excluding hydrogens is 475 g/mol. The van der Waals surface area contributed by atoms with E-state index in [4.69, 9.17) is 9.73 Å². The first-order valence-corrected chi connectivity index (χ1v) is 12.2. The van der Waals surface area contributed by atoms with Gasteiger partial charge in [-0.25, -0.2) is 9.98 Å². The first-order chi connectivity index (χ1) is 16.8. The number of halogens is 3. The maximum atomic E-state index is 13.5. The van der Waals surface area contributed by atoms with Crippen LogP contribution in [0.3, 0.4) is 0 Å². The fraction of sp³-hybridized carbons (Fsp3) is 0.360. The Bertz CT molecular complexity index is 1220. The molecule has 1 aromatic heterocycles. The number of thiazole rings is 1. The Hall–Kier alpha value is -3.11. The van der Waals surface area contributed by atoms with Crippen molar-refractivity contribution >= 4 is 33.5 Å². The quantitative estimate of drug-likeness (QED) is 0.508. The molecule has 3 aromatic rings. The summed E-state index contributed by atoms with van der Waals surface area (Å²) in [6, 6.07) is 15.7. The fourth-order valence-electron chi connectivity index (χ4n) is 4.44. The minimum Gasteiger partial charge on any atom is -0.497 e. The lowest BCUT2D eigenvalue weighted by molar-refractivity contribution is -0.137. The van der Waals surface area contributed by atoms with E-state index in [2.05, 4.69) is 39.3 Å². The number of anilines is 2. The van der Waals surface area contributed by atoms with Gasteiger partial charge in [-0.05, 0) is 49.7 Å². The van der Waals surface area contributed by atoms with E-state index >= 15 is 0 Å². The van der Waals surface area contributed by atoms with Crippen LogP contribution in [-0.2, 0) is 12.6 Å². The van der Waals surface area contributed by atoms with Gasteiger partial charge in [0.05, 0.1) is 18.5 Å². The molecule has 3 heterocycles. The number of methoxy groups -OCH3 is 1. The third kappa shape index (κ3) is 4.99. The molecule has 0 radical (unpaired) electrons. The van der Waals surface area contributed by atoms with Gasteiger partial charge in [-0.2, -0.15) is 13.2 Å². The van der Waals surface area contributed by atoms with Gasteiger partial charge in [0.15, 0.2) is 5.84 Å². The van der Waals surface area contributed by atoms with Crippen molar-refractivity contribution in [1.29, 1.82) is 0 Å². The van der Waals surface area contributed by atoms with Crippen molar-refractivity contribution in [3.8, 4) is 5.75 Å². The summed E-state index contributed by atoms with van der Waals surface area (Å²) >= 11 is 0.623. The van der Waals surface area contributed by atoms with Gasteiger partial charge in [0.25, 0.3) is 0 Å². The monoisotopic (exact) mass is 501 g/mol. The number of amidine groups is 1. The van der Waals surface area contributed by atoms with Crippen LogP contribution in [0.2, 0.25) is 0 Å². The first-order valence-electron chi connectivity index (χ1n) is 11.4. The second-order valence-electron chi connectivity index (χ2n) is 8.74. The largest absolute Gasteiger partial charge is 0.497 e. The second kappa shape index (κ2) is 9.50. The van der Waals surface area contributed by atoms with Crippen LogP contribution >= 0.6 is 11.3 Å². The molecule has 2 aliphatic heterocycles. The zero-order valence-electron chi connectivity index (χ0n) is 19.5. The number of piperazine rings is 1. The number of aliphatic imine (C=N–C) groups is 1. The number of likely N-dealkylation sites (N-methyl/N-ethyl adjacent to an activating group) is 1. The lowest BCUT2D eigenvalue weighted by atomic mass is 10.0. The molecule has 1 N–H and O–H groups in total. The van der Waals surface area contributed by atoms with Crippen molar-refractivity contribution in [2.75, 3.05) is 39.1 Å². The highest BCUT2D eigenvalue weighted by Gasteiger charge is 2.39. The molecule has 1 saturated heterocycles. The molecule has 0 spiro atoms. The molecule has 0 bridgehead atoms. The molecular formula is C25H26F3N5OS. The number of ether oxygens (including phenoxy) is 1. The van der Waals surface area contributed by atoms with Crippen LogP contribution < -0.4 is 10.1 Å². The summed E-state index contributed by atoms with van der Waals surface area (Å²) in [6.45, 7) is 2.10. The number of fused-ring (bicyclic) bond motifs is 2. The summed E-state index contributed by atoms with van der Waals surface area (Å²) in [6.07, 6.45) is -2.70. The second-order valence-corrected chi connectivity index (χ2v) is 9.74. The Morgan fingerprint density at radius 2 is 1.89 bits per heavy atom. The van der Waals surface area contributed by atoms with Crippen molar-refractivity contribution in [2.45, 2.75) is 25.1 Å². The van der Waals surface area contributed by atoms with Gasteiger partial charge < -0.3 is 15.0 Å². The number of rotatable bonds is 4. The lowest BCUT2D eigenvalue weighted by Crippen LogP contribution is -2.53. The molecule has 1 unspecified atom stereocenters. The number of benzene rings is 2. The third-order valence-electron chi connectivity index (χ3n) is 6.46. The van der Waals surface area contributed by atoms with Gasteiger partial charge in [-0.15, -0.1) is 0 Å². The van der Waals surface area contributed by atoms with E-state index in [9.17, 15) is 13.2 Å². The average Bonchev–Trinajstić information content (AvgIpc) is 3.21. The van der Waals surface area contributed by atoms with Crippen LogP contribution in [0.4, 0.5) is 29.5 Å². The van der Waals surface area contributed by atoms with Crippen molar-refractivity contribution < 1.29 is 17.9 Å². The van der Waals surface area contributed by atoms with E-state index in [1.165, 1.54) is 5.56 Å². The topological polar surface area (TPSA) is 53.0 Å². The van der Waals surface area contributed by atoms with Crippen LogP contribution in [-0.4, -0.2) is 60.5 Å². The molecule has 1 fully saturated rings. The summed E-state index contributed by atoms with van der Waals surface area (Å²) in [4.78, 5) is 13.2. The summed E-state index contributed by atoms with van der Waals surface area (Å²) in [7, 11) is 3.74. The summed E-state index contributed by atoms with van der Waals surface area (Å²) in [5, 5.41) is 2.64. The Morgan fingerprint density at radius 1 is 1.11 bits per heavy atom. The predicted octanol–water partition coefficient (Wildman–Crippen LogP) is 5.55. The van der Waals surface area contributed by atoms with E-state index in [0.717, 1.165) is 25.1 Å². The lowest BCUT2D eigenvalue weighted by Gasteiger charge is -2.40. The minimum absolute atomic E-state index is 0.226. The van der Waals surface area contributed by atoms with E-state index in [1.807, 2.05) is 36.4 Å². The zero-order valence-corrected chi connectivity index (χ0v) is 20.3. The van der Waals surface area contributed by atoms with Crippen LogP contribution in [0.1, 0.15) is 22.7 Å². The normalized spacial score (nSPS) is 18.3. The highest BCUT2D eigenvalue weighted by atomic mass is 32.1. The maximum Gasteiger partial charge on any atom is 0.443 e. The highest BCUT2D eigenvalue weighted by molar-refractivity contribution is 7.16. The number of aromatic nitrogens is 1. The number of nitrogens with zero attached hydrogens (tertiary/aromatic N) is 4. The number of aryl methyl sites for hydroxylation is 1. The van der Waals surface area contributed by atoms with E-state index in [0.29, 0.717) is 46.6 Å². The SMILES string of the molecule is COc1ccc(CCC2CN(C3=Nc4ccccc4Nc4sc(C(F)(F)F)nc43)CCN2C)cc1. The Labute approximate surface area is 206 Å². The van der Waals surface area contributed by atoms with Crippen molar-refractivity contribution in [1.82, 2.24) is 14.8 Å². The van der Waals surface area contributed by atoms with Crippen LogP contribution in [0.5, 0.6) is 5.75 Å². The molecule has 2 aromatic carbocycles. The number of alkyl halides is 3. The zero-order chi connectivity index (χ0) is 24.6. The molecule has 6 nitrogen and oxygen atoms in total. The molecule has 0 aliphatic carbocycles. The average molecular weight is 502 g/mol. The molecule has 10 heteroatoms. The van der Waals surface area contributed by atoms with Crippen molar-refractivity contribution in [3.63, 3.8) is 0 Å². The van der Waals surface area contributed by atoms with Crippen LogP contribution in [0.15, 0.2) is 53.5 Å². The molecule has 2 aliphatic rings. The maximum absolute atomic E-state index is 13.5. The molecule has 184 valence electrons. The Morgan fingerprint density at radius 3 is 2.63 bits per heavy atom. The number of nitrogens with one attached hydrogen (secondary N) is 1. The number of para-hydroxylation sites is 2. The first kappa shape index (κ1) is 23.6. The third-order valence-corrected chi connectivity index (χ3v) is 7.48. The van der Waals surface area contributed by atoms with Gasteiger partial charge in [0, 0.05) is 25.7 Å². The Balaban J connectivity index is 1.42. The van der Waals surface area contributed by atoms with Gasteiger partial charge in [-0.3, -0.25) is 4.90 Å². The van der Waals surface area contributed by atoms with Gasteiger partial charge in [0.1, 0.15) is 16.4 Å². The summed E-state index contributed by atoms with van der Waals surface area (Å²) in [5.74, 6) is 1.32. The van der Waals surface area contributed by atoms with Crippen molar-refractivity contribution in [2.24, 2.45) is 4.99 Å². The molecule has 5 rings (SSSR count). The molecule has 0 saturated carbocycles. The van der Waals surface area contributed by atoms with Gasteiger partial charge in [-0.1, -0.05) is 35.6 Å². The molecule has 35 heavy (non-hydrogen) atoms. The van der Waals surface area contributed by atoms with Gasteiger partial charge >= 0.3 is 6.18 Å². The minimum atomic E-state index is -4.51. The van der Waals surface area contributed by atoms with Gasteiger partial charge in [0.2, 0.25) is 5.01 Å². The van der Waals surface area contributed by atoms with E-state index in [1.54, 1.807) is 7.11 Å². The van der Waals surface area contributed by atoms with Crippen molar-refractivity contribution in [3.05, 3.63) is 64.8 Å². The number of hydrogen-bond donors (Lipinski definition) is 1. The molecule has 1 atom stereocenters. The highest BCUT2D eigenvalue weighted by Crippen LogP contribution is 2.42. The summed E-state index contributed by atoms with van der Waals surface area (Å²) < 4.78 is 45.8. The summed E-state index contributed by atoms with van der Waals surface area (Å²) in [5.41, 5.74) is 2.84. The van der Waals surface area contributed by atoms with E-state index < -0.39 is 11.2 Å². The predicted molar refractivity (Wildman–Crippen MR) is 132 cm³/mol. The number of hydrogen-bond acceptors (Lipinski definition) is 7.